The first kappa shape index (κ1) is 11.2. The van der Waals surface area contributed by atoms with E-state index in [4.69, 9.17) is 0 Å². The lowest BCUT2D eigenvalue weighted by Crippen LogP contribution is -1.98. The predicted molar refractivity (Wildman–Crippen MR) is 59.0 cm³/mol. The van der Waals surface area contributed by atoms with Crippen LogP contribution in [0.15, 0.2) is 23.8 Å². The summed E-state index contributed by atoms with van der Waals surface area (Å²) < 4.78 is 1.36. The molecule has 0 bridgehead atoms. The van der Waals surface area contributed by atoms with Gasteiger partial charge in [0.15, 0.2) is 0 Å². The lowest BCUT2D eigenvalue weighted by molar-refractivity contribution is -0.385. The van der Waals surface area contributed by atoms with Crippen molar-refractivity contribution < 1.29 is 9.85 Å². The van der Waals surface area contributed by atoms with Gasteiger partial charge >= 0.3 is 10.7 Å². The van der Waals surface area contributed by atoms with E-state index in [2.05, 4.69) is 5.10 Å². The van der Waals surface area contributed by atoms with Crippen molar-refractivity contribution in [2.45, 2.75) is 6.54 Å². The number of hydrogen-bond acceptors (Lipinski definition) is 6. The molecule has 0 N–H and O–H groups in total. The molecule has 9 heteroatoms. The third-order valence-corrected chi connectivity index (χ3v) is 2.92. The second-order valence-corrected chi connectivity index (χ2v) is 4.09. The second kappa shape index (κ2) is 4.29. The molecule has 0 aliphatic heterocycles. The Kier molecular flexibility index (Phi) is 2.83. The van der Waals surface area contributed by atoms with Gasteiger partial charge in [-0.1, -0.05) is 11.3 Å². The van der Waals surface area contributed by atoms with Crippen LogP contribution in [0.4, 0.5) is 10.7 Å². The molecule has 0 amide bonds. The molecule has 0 saturated heterocycles. The molecule has 0 unspecified atom stereocenters. The molecule has 0 radical (unpaired) electrons. The average molecular weight is 254 g/mol. The zero-order valence-electron chi connectivity index (χ0n) is 8.35. The summed E-state index contributed by atoms with van der Waals surface area (Å²) in [5.41, 5.74) is 0.592. The fourth-order valence-electron chi connectivity index (χ4n) is 1.26. The quantitative estimate of drug-likeness (QED) is 0.611. The van der Waals surface area contributed by atoms with E-state index in [-0.39, 0.29) is 17.2 Å². The van der Waals surface area contributed by atoms with Crippen LogP contribution in [0, 0.1) is 20.2 Å². The maximum atomic E-state index is 10.5. The highest BCUT2D eigenvalue weighted by Crippen LogP contribution is 2.23. The van der Waals surface area contributed by atoms with E-state index in [1.807, 2.05) is 0 Å². The van der Waals surface area contributed by atoms with Crippen LogP contribution >= 0.6 is 11.3 Å². The van der Waals surface area contributed by atoms with Crippen molar-refractivity contribution in [2.24, 2.45) is 0 Å². The fourth-order valence-corrected chi connectivity index (χ4v) is 1.98. The van der Waals surface area contributed by atoms with Crippen molar-refractivity contribution in [1.82, 2.24) is 9.78 Å². The van der Waals surface area contributed by atoms with Gasteiger partial charge in [-0.15, -0.1) is 0 Å². The molecule has 2 rings (SSSR count). The van der Waals surface area contributed by atoms with E-state index in [0.717, 1.165) is 17.5 Å². The summed E-state index contributed by atoms with van der Waals surface area (Å²) >= 11 is 1.02. The monoisotopic (exact) mass is 254 g/mol. The highest BCUT2D eigenvalue weighted by Gasteiger charge is 2.12. The van der Waals surface area contributed by atoms with Gasteiger partial charge in [0.25, 0.3) is 0 Å². The normalized spacial score (nSPS) is 10.4. The zero-order chi connectivity index (χ0) is 12.4. The molecule has 8 nitrogen and oxygen atoms in total. The summed E-state index contributed by atoms with van der Waals surface area (Å²) in [4.78, 5) is 19.9. The zero-order valence-corrected chi connectivity index (χ0v) is 9.16. The summed E-state index contributed by atoms with van der Waals surface area (Å²) in [6.07, 6.45) is 2.42. The van der Waals surface area contributed by atoms with E-state index in [1.54, 1.807) is 5.38 Å². The third kappa shape index (κ3) is 2.45. The molecule has 0 atom stereocenters. The molecule has 0 aromatic carbocycles. The molecule has 0 saturated carbocycles. The second-order valence-electron chi connectivity index (χ2n) is 3.20. The molecule has 0 aliphatic rings. The number of nitro groups is 2. The predicted octanol–water partition coefficient (Wildman–Crippen LogP) is 1.81. The number of aromatic nitrogens is 2. The fraction of sp³-hybridized carbons (Fsp3) is 0.125. The van der Waals surface area contributed by atoms with Gasteiger partial charge in [-0.3, -0.25) is 24.9 Å². The van der Waals surface area contributed by atoms with Gasteiger partial charge in [-0.25, -0.2) is 0 Å². The van der Waals surface area contributed by atoms with Gasteiger partial charge < -0.3 is 0 Å². The minimum Gasteiger partial charge on any atom is -0.261 e. The van der Waals surface area contributed by atoms with Gasteiger partial charge in [0.2, 0.25) is 0 Å². The Morgan fingerprint density at radius 2 is 2.12 bits per heavy atom. The van der Waals surface area contributed by atoms with Crippen molar-refractivity contribution in [1.29, 1.82) is 0 Å². The number of hydrogen-bond donors (Lipinski definition) is 0. The SMILES string of the molecule is O=[N+]([O-])c1cnn(Cc2csc([N+](=O)[O-])c2)c1. The van der Waals surface area contributed by atoms with E-state index in [9.17, 15) is 20.2 Å². The van der Waals surface area contributed by atoms with E-state index >= 15 is 0 Å². The summed E-state index contributed by atoms with van der Waals surface area (Å²) in [5, 5.41) is 26.4. The number of thiophene rings is 1. The summed E-state index contributed by atoms with van der Waals surface area (Å²) in [5.74, 6) is 0. The van der Waals surface area contributed by atoms with Gasteiger partial charge in [-0.2, -0.15) is 5.10 Å². The highest BCUT2D eigenvalue weighted by molar-refractivity contribution is 7.13. The van der Waals surface area contributed by atoms with Gasteiger partial charge in [0.05, 0.1) is 16.4 Å². The van der Waals surface area contributed by atoms with Crippen LogP contribution in [0.1, 0.15) is 5.56 Å². The van der Waals surface area contributed by atoms with Crippen LogP contribution in [-0.2, 0) is 6.54 Å². The van der Waals surface area contributed by atoms with Crippen LogP contribution in [0.25, 0.3) is 0 Å². The minimum absolute atomic E-state index is 0.0432. The first-order chi connectivity index (χ1) is 8.06. The number of rotatable bonds is 4. The molecule has 88 valence electrons. The van der Waals surface area contributed by atoms with Gasteiger partial charge in [0.1, 0.15) is 12.4 Å². The lowest BCUT2D eigenvalue weighted by atomic mass is 10.3. The Bertz CT molecular complexity index is 525. The van der Waals surface area contributed by atoms with E-state index in [0.29, 0.717) is 5.56 Å². The first-order valence-electron chi connectivity index (χ1n) is 4.45. The van der Waals surface area contributed by atoms with Crippen molar-refractivity contribution in [3.05, 3.63) is 49.6 Å². The van der Waals surface area contributed by atoms with Crippen molar-refractivity contribution in [3.63, 3.8) is 0 Å². The summed E-state index contributed by atoms with van der Waals surface area (Å²) in [7, 11) is 0. The van der Waals surface area contributed by atoms with Crippen LogP contribution in [-0.4, -0.2) is 19.6 Å². The van der Waals surface area contributed by atoms with Crippen LogP contribution in [0.2, 0.25) is 0 Å². The maximum absolute atomic E-state index is 10.5. The topological polar surface area (TPSA) is 104 Å². The average Bonchev–Trinajstić information content (AvgIpc) is 2.87. The highest BCUT2D eigenvalue weighted by atomic mass is 32.1. The standard InChI is InChI=1S/C8H6N4O4S/c13-11(14)7-2-9-10(4-7)3-6-1-8(12(15)16)17-5-6/h1-2,4-5H,3H2. The largest absolute Gasteiger partial charge is 0.324 e. The smallest absolute Gasteiger partial charge is 0.261 e. The molecular formula is C8H6N4O4S. The van der Waals surface area contributed by atoms with Crippen LogP contribution in [0.5, 0.6) is 0 Å². The van der Waals surface area contributed by atoms with Gasteiger partial charge in [0, 0.05) is 11.4 Å². The van der Waals surface area contributed by atoms with Crippen LogP contribution < -0.4 is 0 Å². The van der Waals surface area contributed by atoms with Gasteiger partial charge in [-0.05, 0) is 5.56 Å². The summed E-state index contributed by atoms with van der Waals surface area (Å²) in [6.45, 7) is 0.276. The van der Waals surface area contributed by atoms with E-state index < -0.39 is 9.85 Å². The van der Waals surface area contributed by atoms with Crippen molar-refractivity contribution >= 4 is 22.0 Å². The first-order valence-corrected chi connectivity index (χ1v) is 5.33. The molecule has 2 aromatic heterocycles. The van der Waals surface area contributed by atoms with E-state index in [1.165, 1.54) is 16.9 Å². The van der Waals surface area contributed by atoms with Crippen molar-refractivity contribution in [3.8, 4) is 0 Å². The molecular weight excluding hydrogens is 248 g/mol. The Balaban J connectivity index is 2.13. The Morgan fingerprint density at radius 3 is 2.65 bits per heavy atom. The molecule has 0 fully saturated rings. The Hall–Kier alpha value is -2.29. The molecule has 2 heterocycles. The maximum Gasteiger partial charge on any atom is 0.324 e. The van der Waals surface area contributed by atoms with Crippen LogP contribution in [0.3, 0.4) is 0 Å². The molecule has 17 heavy (non-hydrogen) atoms. The Labute approximate surface area is 98.4 Å². The third-order valence-electron chi connectivity index (χ3n) is 1.99. The lowest BCUT2D eigenvalue weighted by Gasteiger charge is -1.95. The summed E-state index contributed by atoms with van der Waals surface area (Å²) in [6, 6.07) is 1.43. The molecule has 0 aliphatic carbocycles. The Morgan fingerprint density at radius 1 is 1.35 bits per heavy atom. The minimum atomic E-state index is -0.542. The van der Waals surface area contributed by atoms with Crippen molar-refractivity contribution in [2.75, 3.05) is 0 Å². The number of nitrogens with zero attached hydrogens (tertiary/aromatic N) is 4. The molecule has 0 spiro atoms. The molecule has 2 aromatic rings.